The number of fused-ring (bicyclic) bond motifs is 3. The van der Waals surface area contributed by atoms with E-state index in [1.54, 1.807) is 41.5 Å². The van der Waals surface area contributed by atoms with E-state index in [0.29, 0.717) is 59.3 Å². The maximum Gasteiger partial charge on any atom is 0.326 e. The van der Waals surface area contributed by atoms with Crippen LogP contribution in [-0.4, -0.2) is 46.3 Å². The Labute approximate surface area is 250 Å². The molecule has 0 spiro atoms. The highest BCUT2D eigenvalue weighted by Gasteiger charge is 2.30. The van der Waals surface area contributed by atoms with E-state index in [0.717, 1.165) is 10.9 Å². The zero-order valence-electron chi connectivity index (χ0n) is 22.2. The van der Waals surface area contributed by atoms with E-state index in [2.05, 4.69) is 10.6 Å². The molecule has 2 aliphatic rings. The van der Waals surface area contributed by atoms with E-state index in [1.807, 2.05) is 18.2 Å². The van der Waals surface area contributed by atoms with E-state index in [-0.39, 0.29) is 40.4 Å². The van der Waals surface area contributed by atoms with Gasteiger partial charge in [-0.2, -0.15) is 0 Å². The number of nitrogens with one attached hydrogen (secondary N) is 2. The number of benzene rings is 3. The fourth-order valence-electron chi connectivity index (χ4n) is 5.52. The molecule has 1 aromatic heterocycles. The van der Waals surface area contributed by atoms with E-state index in [4.69, 9.17) is 27.6 Å². The molecule has 3 heterocycles. The molecule has 0 fully saturated rings. The van der Waals surface area contributed by atoms with Crippen molar-refractivity contribution in [2.45, 2.75) is 38.3 Å². The Morgan fingerprint density at radius 2 is 1.86 bits per heavy atom. The molecule has 0 saturated carbocycles. The molecule has 3 N–H and O–H groups in total. The van der Waals surface area contributed by atoms with Crippen molar-refractivity contribution in [1.82, 2.24) is 10.2 Å². The summed E-state index contributed by atoms with van der Waals surface area (Å²) in [5.41, 5.74) is 4.77. The largest absolute Gasteiger partial charge is 0.480 e. The van der Waals surface area contributed by atoms with Crippen LogP contribution in [0.5, 0.6) is 0 Å². The average Bonchev–Trinajstić information content (AvgIpc) is 3.44. The van der Waals surface area contributed by atoms with Crippen molar-refractivity contribution in [2.75, 3.05) is 11.9 Å². The fourth-order valence-corrected chi connectivity index (χ4v) is 6.28. The van der Waals surface area contributed by atoms with Gasteiger partial charge in [-0.15, -0.1) is 0 Å². The number of amides is 3. The summed E-state index contributed by atoms with van der Waals surface area (Å²) in [5.74, 6) is -2.20. The fraction of sp³-hybridized carbons (Fsp3) is 0.226. The van der Waals surface area contributed by atoms with Gasteiger partial charge in [0.2, 0.25) is 5.91 Å². The number of aliphatic carboxylic acids is 1. The quantitative estimate of drug-likeness (QED) is 0.275. The molecule has 2 aliphatic heterocycles. The smallest absolute Gasteiger partial charge is 0.326 e. The number of halogens is 2. The maximum atomic E-state index is 13.3. The molecule has 3 amide bonds. The minimum atomic E-state index is -1.27. The Morgan fingerprint density at radius 1 is 1.02 bits per heavy atom. The van der Waals surface area contributed by atoms with Gasteiger partial charge < -0.3 is 25.1 Å². The molecule has 0 radical (unpaired) electrons. The summed E-state index contributed by atoms with van der Waals surface area (Å²) in [6.07, 6.45) is 2.97. The second-order valence-electron chi connectivity index (χ2n) is 10.4. The average molecular weight is 606 g/mol. The lowest BCUT2D eigenvalue weighted by Crippen LogP contribution is -2.42. The first-order valence-electron chi connectivity index (χ1n) is 13.4. The molecular weight excluding hydrogens is 581 g/mol. The zero-order chi connectivity index (χ0) is 29.5. The third kappa shape index (κ3) is 5.33. The molecule has 4 aromatic rings. The van der Waals surface area contributed by atoms with E-state index >= 15 is 0 Å². The van der Waals surface area contributed by atoms with Crippen LogP contribution in [0.4, 0.5) is 5.69 Å². The number of rotatable bonds is 6. The summed E-state index contributed by atoms with van der Waals surface area (Å²) in [5, 5.41) is 16.3. The third-order valence-electron chi connectivity index (χ3n) is 7.74. The Bertz CT molecular complexity index is 1780. The van der Waals surface area contributed by atoms with E-state index in [9.17, 15) is 24.3 Å². The number of furan rings is 1. The standard InChI is InChI=1S/C31H25Cl2N3O6/c32-22-13-20-15-36(30(39)19-4-3-18-8-10-42-25(18)14-19)9-7-21(20)28(33)27(22)29(38)35-24(31(40)41)12-16-1-2-17-5-6-26(37)34-23(17)11-16/h1-4,8,10-11,13-14,24H,5-7,9,12,15H2,(H,34,37)(H,35,38)(H,40,41). The van der Waals surface area contributed by atoms with Gasteiger partial charge in [-0.05, 0) is 65.4 Å². The molecule has 0 aliphatic carbocycles. The number of nitrogens with zero attached hydrogens (tertiary/aromatic N) is 1. The molecule has 0 bridgehead atoms. The summed E-state index contributed by atoms with van der Waals surface area (Å²) >= 11 is 13.2. The highest BCUT2D eigenvalue weighted by atomic mass is 35.5. The summed E-state index contributed by atoms with van der Waals surface area (Å²) in [6, 6.07) is 12.8. The normalized spacial score (nSPS) is 15.0. The summed E-state index contributed by atoms with van der Waals surface area (Å²) < 4.78 is 5.43. The van der Waals surface area contributed by atoms with E-state index in [1.165, 1.54) is 0 Å². The summed E-state index contributed by atoms with van der Waals surface area (Å²) in [6.45, 7) is 0.620. The molecule has 0 saturated heterocycles. The number of anilines is 1. The van der Waals surface area contributed by atoms with Crippen molar-refractivity contribution >= 4 is 63.5 Å². The molecule has 1 unspecified atom stereocenters. The Kier molecular flexibility index (Phi) is 7.38. The van der Waals surface area contributed by atoms with Crippen LogP contribution < -0.4 is 10.6 Å². The third-order valence-corrected chi connectivity index (χ3v) is 8.45. The lowest BCUT2D eigenvalue weighted by molar-refractivity contribution is -0.139. The molecule has 214 valence electrons. The molecule has 6 rings (SSSR count). The second-order valence-corrected chi connectivity index (χ2v) is 11.2. The van der Waals surface area contributed by atoms with Crippen LogP contribution in [0.25, 0.3) is 11.0 Å². The van der Waals surface area contributed by atoms with Crippen molar-refractivity contribution in [3.05, 3.63) is 98.2 Å². The van der Waals surface area contributed by atoms with Gasteiger partial charge in [-0.1, -0.05) is 41.4 Å². The number of carbonyl (C=O) groups excluding carboxylic acids is 3. The monoisotopic (exact) mass is 605 g/mol. The number of hydrogen-bond donors (Lipinski definition) is 3. The topological polar surface area (TPSA) is 129 Å². The Morgan fingerprint density at radius 3 is 2.67 bits per heavy atom. The highest BCUT2D eigenvalue weighted by Crippen LogP contribution is 2.35. The zero-order valence-corrected chi connectivity index (χ0v) is 23.7. The molecule has 42 heavy (non-hydrogen) atoms. The summed E-state index contributed by atoms with van der Waals surface area (Å²) in [4.78, 5) is 52.1. The first-order chi connectivity index (χ1) is 20.2. The number of hydrogen-bond acceptors (Lipinski definition) is 5. The van der Waals surface area contributed by atoms with Crippen LogP contribution in [0.1, 0.15) is 49.4 Å². The lowest BCUT2D eigenvalue weighted by atomic mass is 9.95. The van der Waals surface area contributed by atoms with Gasteiger partial charge in [-0.3, -0.25) is 14.4 Å². The van der Waals surface area contributed by atoms with E-state index < -0.39 is 17.9 Å². The predicted octanol–water partition coefficient (Wildman–Crippen LogP) is 5.25. The number of carboxylic acid groups (broad SMARTS) is 1. The summed E-state index contributed by atoms with van der Waals surface area (Å²) in [7, 11) is 0. The maximum absolute atomic E-state index is 13.3. The minimum Gasteiger partial charge on any atom is -0.480 e. The van der Waals surface area contributed by atoms with Crippen LogP contribution in [0.3, 0.4) is 0 Å². The van der Waals surface area contributed by atoms with Gasteiger partial charge in [0.1, 0.15) is 11.6 Å². The van der Waals surface area contributed by atoms with Crippen molar-refractivity contribution in [3.8, 4) is 0 Å². The minimum absolute atomic E-state index is 0.00866. The van der Waals surface area contributed by atoms with Gasteiger partial charge in [-0.25, -0.2) is 4.79 Å². The first-order valence-corrected chi connectivity index (χ1v) is 14.1. The SMILES string of the molecule is O=C1CCc2ccc(CC(NC(=O)c3c(Cl)cc4c(c3Cl)CCN(C(=O)c3ccc5ccoc5c3)C4)C(=O)O)cc2N1. The molecule has 1 atom stereocenters. The predicted molar refractivity (Wildman–Crippen MR) is 157 cm³/mol. The van der Waals surface area contributed by atoms with Crippen LogP contribution >= 0.6 is 23.2 Å². The lowest BCUT2D eigenvalue weighted by Gasteiger charge is -2.30. The Hall–Kier alpha value is -4.34. The molecule has 3 aromatic carbocycles. The first kappa shape index (κ1) is 27.8. The highest BCUT2D eigenvalue weighted by molar-refractivity contribution is 6.40. The van der Waals surface area contributed by atoms with Crippen molar-refractivity contribution in [2.24, 2.45) is 0 Å². The van der Waals surface area contributed by atoms with Crippen molar-refractivity contribution in [3.63, 3.8) is 0 Å². The second kappa shape index (κ2) is 11.2. The van der Waals surface area contributed by atoms with Gasteiger partial charge in [0.15, 0.2) is 0 Å². The van der Waals surface area contributed by atoms with Crippen molar-refractivity contribution in [1.29, 1.82) is 0 Å². The van der Waals surface area contributed by atoms with Crippen molar-refractivity contribution < 1.29 is 28.7 Å². The van der Waals surface area contributed by atoms with Crippen LogP contribution in [0.15, 0.2) is 59.2 Å². The van der Waals surface area contributed by atoms with Gasteiger partial charge in [0, 0.05) is 42.6 Å². The Balaban J connectivity index is 1.19. The molecule has 11 heteroatoms. The van der Waals surface area contributed by atoms with Gasteiger partial charge in [0.05, 0.1) is 21.9 Å². The van der Waals surface area contributed by atoms with Crippen LogP contribution in [-0.2, 0) is 35.4 Å². The van der Waals surface area contributed by atoms with Gasteiger partial charge in [0.25, 0.3) is 11.8 Å². The number of carbonyl (C=O) groups is 4. The van der Waals surface area contributed by atoms with Gasteiger partial charge >= 0.3 is 5.97 Å². The number of carboxylic acids is 1. The number of aryl methyl sites for hydroxylation is 1. The molecule has 9 nitrogen and oxygen atoms in total. The van der Waals surface area contributed by atoms with Crippen LogP contribution in [0.2, 0.25) is 10.0 Å². The molecular formula is C31H25Cl2N3O6. The van der Waals surface area contributed by atoms with Crippen LogP contribution in [0, 0.1) is 0 Å².